The Bertz CT molecular complexity index is 707. The average molecular weight is 320 g/mol. The molecule has 0 heterocycles. The van der Waals surface area contributed by atoms with Crippen LogP contribution in [0.3, 0.4) is 0 Å². The van der Waals surface area contributed by atoms with Gasteiger partial charge in [-0.2, -0.15) is 13.2 Å². The number of alkyl halides is 3. The van der Waals surface area contributed by atoms with Gasteiger partial charge in [0.25, 0.3) is 0 Å². The third kappa shape index (κ3) is 4.03. The summed E-state index contributed by atoms with van der Waals surface area (Å²) in [5.74, 6) is 0.140. The van der Waals surface area contributed by atoms with Crippen molar-refractivity contribution >= 4 is 23.0 Å². The summed E-state index contributed by atoms with van der Waals surface area (Å²) in [5.41, 5.74) is 0.982. The number of hydrogen-bond donors (Lipinski definition) is 2. The highest BCUT2D eigenvalue weighted by Gasteiger charge is 2.30. The van der Waals surface area contributed by atoms with Crippen LogP contribution in [-0.4, -0.2) is 5.91 Å². The highest BCUT2D eigenvalue weighted by atomic mass is 19.4. The Balaban J connectivity index is 1.67. The maximum Gasteiger partial charge on any atom is 0.416 e. The number of benzene rings is 2. The first kappa shape index (κ1) is 15.4. The van der Waals surface area contributed by atoms with Crippen LogP contribution in [0.15, 0.2) is 48.5 Å². The summed E-state index contributed by atoms with van der Waals surface area (Å²) in [5, 5.41) is 5.73. The number of carbonyl (C=O) groups is 1. The van der Waals surface area contributed by atoms with E-state index >= 15 is 0 Å². The Morgan fingerprint density at radius 2 is 1.61 bits per heavy atom. The lowest BCUT2D eigenvalue weighted by atomic mass is 10.2. The fraction of sp³-hybridized carbons (Fsp3) is 0.235. The molecule has 3 rings (SSSR count). The van der Waals surface area contributed by atoms with Crippen LogP contribution < -0.4 is 10.6 Å². The largest absolute Gasteiger partial charge is 0.416 e. The van der Waals surface area contributed by atoms with Gasteiger partial charge in [0.05, 0.1) is 5.56 Å². The van der Waals surface area contributed by atoms with Crippen LogP contribution in [0.4, 0.5) is 30.2 Å². The molecule has 0 saturated heterocycles. The number of rotatable bonds is 4. The molecule has 1 amide bonds. The second-order valence-corrected chi connectivity index (χ2v) is 5.54. The third-order valence-corrected chi connectivity index (χ3v) is 3.58. The standard InChI is InChI=1S/C17H15F3N2O/c18-17(19,20)12-2-1-3-15(10-12)21-13-6-8-14(9-7-13)22-16(23)11-4-5-11/h1-3,6-11,21H,4-5H2,(H,22,23). The zero-order valence-electron chi connectivity index (χ0n) is 12.2. The van der Waals surface area contributed by atoms with Crippen molar-refractivity contribution < 1.29 is 18.0 Å². The van der Waals surface area contributed by atoms with Gasteiger partial charge in [0.2, 0.25) is 5.91 Å². The van der Waals surface area contributed by atoms with Gasteiger partial charge in [-0.1, -0.05) is 6.07 Å². The van der Waals surface area contributed by atoms with E-state index in [4.69, 9.17) is 0 Å². The fourth-order valence-electron chi connectivity index (χ4n) is 2.17. The minimum absolute atomic E-state index is 0.0172. The van der Waals surface area contributed by atoms with E-state index in [0.29, 0.717) is 17.1 Å². The van der Waals surface area contributed by atoms with Crippen LogP contribution in [0.5, 0.6) is 0 Å². The van der Waals surface area contributed by atoms with Crippen molar-refractivity contribution in [1.29, 1.82) is 0 Å². The molecule has 3 nitrogen and oxygen atoms in total. The minimum Gasteiger partial charge on any atom is -0.356 e. The van der Waals surface area contributed by atoms with E-state index in [1.165, 1.54) is 6.07 Å². The minimum atomic E-state index is -4.37. The van der Waals surface area contributed by atoms with Gasteiger partial charge in [-0.3, -0.25) is 4.79 Å². The molecule has 0 bridgehead atoms. The molecule has 0 spiro atoms. The van der Waals surface area contributed by atoms with Crippen molar-refractivity contribution in [3.63, 3.8) is 0 Å². The van der Waals surface area contributed by atoms with Gasteiger partial charge in [-0.05, 0) is 55.3 Å². The van der Waals surface area contributed by atoms with Gasteiger partial charge in [0.15, 0.2) is 0 Å². The lowest BCUT2D eigenvalue weighted by molar-refractivity contribution is -0.137. The Kier molecular flexibility index (Phi) is 3.98. The molecule has 1 fully saturated rings. The van der Waals surface area contributed by atoms with E-state index in [0.717, 1.165) is 25.0 Å². The smallest absolute Gasteiger partial charge is 0.356 e. The summed E-state index contributed by atoms with van der Waals surface area (Å²) >= 11 is 0. The van der Waals surface area contributed by atoms with Gasteiger partial charge < -0.3 is 10.6 Å². The normalized spacial score (nSPS) is 14.4. The second-order valence-electron chi connectivity index (χ2n) is 5.54. The Morgan fingerprint density at radius 3 is 2.22 bits per heavy atom. The first-order valence-corrected chi connectivity index (χ1v) is 7.27. The molecule has 0 radical (unpaired) electrons. The zero-order valence-corrected chi connectivity index (χ0v) is 12.2. The molecule has 1 aliphatic carbocycles. The maximum absolute atomic E-state index is 12.7. The van der Waals surface area contributed by atoms with E-state index in [1.54, 1.807) is 30.3 Å². The average Bonchev–Trinajstić information content (AvgIpc) is 3.33. The molecule has 1 saturated carbocycles. The van der Waals surface area contributed by atoms with Crippen LogP contribution in [0.2, 0.25) is 0 Å². The lowest BCUT2D eigenvalue weighted by Crippen LogP contribution is -2.13. The van der Waals surface area contributed by atoms with E-state index in [9.17, 15) is 18.0 Å². The highest BCUT2D eigenvalue weighted by Crippen LogP contribution is 2.32. The van der Waals surface area contributed by atoms with Crippen molar-refractivity contribution in [2.24, 2.45) is 5.92 Å². The summed E-state index contributed by atoms with van der Waals surface area (Å²) in [6, 6.07) is 11.9. The fourth-order valence-corrected chi connectivity index (χ4v) is 2.17. The molecular weight excluding hydrogens is 305 g/mol. The van der Waals surface area contributed by atoms with Crippen LogP contribution in [-0.2, 0) is 11.0 Å². The Labute approximate surface area is 131 Å². The quantitative estimate of drug-likeness (QED) is 0.850. The predicted octanol–water partition coefficient (Wildman–Crippen LogP) is 4.80. The van der Waals surface area contributed by atoms with Gasteiger partial charge in [-0.25, -0.2) is 0 Å². The maximum atomic E-state index is 12.7. The number of hydrogen-bond acceptors (Lipinski definition) is 2. The summed E-state index contributed by atoms with van der Waals surface area (Å²) in [4.78, 5) is 11.6. The number of amides is 1. The number of carbonyl (C=O) groups excluding carboxylic acids is 1. The summed E-state index contributed by atoms with van der Waals surface area (Å²) in [6.07, 6.45) is -2.50. The molecule has 0 aromatic heterocycles. The van der Waals surface area contributed by atoms with E-state index in [2.05, 4.69) is 10.6 Å². The van der Waals surface area contributed by atoms with Gasteiger partial charge in [0, 0.05) is 23.0 Å². The van der Waals surface area contributed by atoms with Gasteiger partial charge >= 0.3 is 6.18 Å². The topological polar surface area (TPSA) is 41.1 Å². The van der Waals surface area contributed by atoms with E-state index in [1.807, 2.05) is 0 Å². The predicted molar refractivity (Wildman–Crippen MR) is 82.5 cm³/mol. The molecule has 2 aromatic carbocycles. The van der Waals surface area contributed by atoms with Crippen LogP contribution in [0.25, 0.3) is 0 Å². The number of halogens is 3. The van der Waals surface area contributed by atoms with E-state index in [-0.39, 0.29) is 11.8 Å². The molecule has 2 N–H and O–H groups in total. The van der Waals surface area contributed by atoms with Crippen molar-refractivity contribution in [2.75, 3.05) is 10.6 Å². The molecule has 6 heteroatoms. The van der Waals surface area contributed by atoms with Crippen LogP contribution >= 0.6 is 0 Å². The Morgan fingerprint density at radius 1 is 0.957 bits per heavy atom. The summed E-state index contributed by atoms with van der Waals surface area (Å²) in [6.45, 7) is 0. The van der Waals surface area contributed by atoms with Crippen LogP contribution in [0, 0.1) is 5.92 Å². The Hall–Kier alpha value is -2.50. The molecular formula is C17H15F3N2O. The molecule has 0 unspecified atom stereocenters. The lowest BCUT2D eigenvalue weighted by Gasteiger charge is -2.11. The van der Waals surface area contributed by atoms with Crippen molar-refractivity contribution in [3.05, 3.63) is 54.1 Å². The van der Waals surface area contributed by atoms with Gasteiger partial charge in [0.1, 0.15) is 0 Å². The molecule has 0 atom stereocenters. The van der Waals surface area contributed by atoms with Crippen molar-refractivity contribution in [1.82, 2.24) is 0 Å². The van der Waals surface area contributed by atoms with E-state index < -0.39 is 11.7 Å². The number of nitrogens with one attached hydrogen (secondary N) is 2. The number of anilines is 3. The third-order valence-electron chi connectivity index (χ3n) is 3.58. The SMILES string of the molecule is O=C(Nc1ccc(Nc2cccc(C(F)(F)F)c2)cc1)C1CC1. The monoisotopic (exact) mass is 320 g/mol. The molecule has 2 aromatic rings. The molecule has 0 aliphatic heterocycles. The second kappa shape index (κ2) is 5.95. The highest BCUT2D eigenvalue weighted by molar-refractivity contribution is 5.94. The van der Waals surface area contributed by atoms with Crippen LogP contribution in [0.1, 0.15) is 18.4 Å². The molecule has 23 heavy (non-hydrogen) atoms. The molecule has 120 valence electrons. The molecule has 1 aliphatic rings. The first-order valence-electron chi connectivity index (χ1n) is 7.27. The van der Waals surface area contributed by atoms with Crippen molar-refractivity contribution in [3.8, 4) is 0 Å². The van der Waals surface area contributed by atoms with Crippen molar-refractivity contribution in [2.45, 2.75) is 19.0 Å². The summed E-state index contributed by atoms with van der Waals surface area (Å²) in [7, 11) is 0. The van der Waals surface area contributed by atoms with Gasteiger partial charge in [-0.15, -0.1) is 0 Å². The zero-order chi connectivity index (χ0) is 16.4. The first-order chi connectivity index (χ1) is 10.9. The summed E-state index contributed by atoms with van der Waals surface area (Å²) < 4.78 is 38.1.